The van der Waals surface area contributed by atoms with E-state index >= 15 is 0 Å². The molecule has 0 fully saturated rings. The third-order valence-electron chi connectivity index (χ3n) is 2.37. The first-order valence-corrected chi connectivity index (χ1v) is 6.69. The Labute approximate surface area is 82.5 Å². The van der Waals surface area contributed by atoms with E-state index in [1.807, 2.05) is 11.8 Å². The molecule has 0 aliphatic carbocycles. The van der Waals surface area contributed by atoms with E-state index in [1.54, 1.807) is 0 Å². The van der Waals surface area contributed by atoms with Gasteiger partial charge >= 0.3 is 0 Å². The molecule has 1 heteroatoms. The van der Waals surface area contributed by atoms with Gasteiger partial charge in [0.2, 0.25) is 0 Å². The molecule has 0 aromatic rings. The van der Waals surface area contributed by atoms with E-state index in [9.17, 15) is 0 Å². The summed E-state index contributed by atoms with van der Waals surface area (Å²) in [5.74, 6) is 2.30. The van der Waals surface area contributed by atoms with Crippen LogP contribution in [0.2, 0.25) is 0 Å². The zero-order chi connectivity index (χ0) is 9.23. The Bertz CT molecular complexity index is 81.1. The van der Waals surface area contributed by atoms with Gasteiger partial charge in [-0.2, -0.15) is 11.8 Å². The summed E-state index contributed by atoms with van der Waals surface area (Å²) in [5.41, 5.74) is 0. The average Bonchev–Trinajstić information content (AvgIpc) is 2.09. The Morgan fingerprint density at radius 2 is 1.83 bits per heavy atom. The van der Waals surface area contributed by atoms with Gasteiger partial charge in [-0.1, -0.05) is 46.0 Å². The highest BCUT2D eigenvalue weighted by Crippen LogP contribution is 2.15. The summed E-state index contributed by atoms with van der Waals surface area (Å²) in [6, 6.07) is 0. The fourth-order valence-electron chi connectivity index (χ4n) is 1.38. The molecule has 0 bridgehead atoms. The molecule has 0 aromatic heterocycles. The third-order valence-corrected chi connectivity index (χ3v) is 3.01. The van der Waals surface area contributed by atoms with Crippen LogP contribution in [0.1, 0.15) is 52.4 Å². The lowest BCUT2D eigenvalue weighted by Crippen LogP contribution is -1.96. The predicted octanol–water partition coefficient (Wildman–Crippen LogP) is 4.35. The van der Waals surface area contributed by atoms with E-state index in [2.05, 4.69) is 20.1 Å². The first-order chi connectivity index (χ1) is 5.81. The van der Waals surface area contributed by atoms with E-state index in [0.29, 0.717) is 0 Å². The summed E-state index contributed by atoms with van der Waals surface area (Å²) in [4.78, 5) is 0. The maximum atomic E-state index is 2.39. The van der Waals surface area contributed by atoms with Gasteiger partial charge in [0.05, 0.1) is 0 Å². The van der Waals surface area contributed by atoms with Gasteiger partial charge in [-0.25, -0.2) is 0 Å². The molecule has 12 heavy (non-hydrogen) atoms. The Balaban J connectivity index is 3.02. The van der Waals surface area contributed by atoms with Crippen molar-refractivity contribution in [1.29, 1.82) is 0 Å². The van der Waals surface area contributed by atoms with Crippen molar-refractivity contribution >= 4 is 11.8 Å². The molecular weight excluding hydrogens is 164 g/mol. The van der Waals surface area contributed by atoms with Crippen LogP contribution in [0.4, 0.5) is 0 Å². The molecule has 1 unspecified atom stereocenters. The highest BCUT2D eigenvalue weighted by molar-refractivity contribution is 7.98. The normalized spacial score (nSPS) is 13.2. The Morgan fingerprint density at radius 1 is 1.08 bits per heavy atom. The van der Waals surface area contributed by atoms with Crippen molar-refractivity contribution < 1.29 is 0 Å². The summed E-state index contributed by atoms with van der Waals surface area (Å²) in [7, 11) is 0. The van der Waals surface area contributed by atoms with Crippen LogP contribution in [-0.4, -0.2) is 12.0 Å². The van der Waals surface area contributed by atoms with E-state index < -0.39 is 0 Å². The van der Waals surface area contributed by atoms with Gasteiger partial charge in [0, 0.05) is 0 Å². The highest BCUT2D eigenvalue weighted by atomic mass is 32.2. The van der Waals surface area contributed by atoms with Gasteiger partial charge in [-0.15, -0.1) is 0 Å². The monoisotopic (exact) mass is 188 g/mol. The van der Waals surface area contributed by atoms with Gasteiger partial charge in [0.1, 0.15) is 0 Å². The van der Waals surface area contributed by atoms with Gasteiger partial charge in [-0.3, -0.25) is 0 Å². The molecule has 0 aromatic carbocycles. The fourth-order valence-corrected chi connectivity index (χ4v) is 2.02. The number of rotatable bonds is 8. The molecule has 0 aliphatic heterocycles. The van der Waals surface area contributed by atoms with Gasteiger partial charge < -0.3 is 0 Å². The summed E-state index contributed by atoms with van der Waals surface area (Å²) in [5, 5.41) is 0. The van der Waals surface area contributed by atoms with Crippen molar-refractivity contribution in [3.8, 4) is 0 Å². The smallest absolute Gasteiger partial charge is 0.00678 e. The van der Waals surface area contributed by atoms with Crippen molar-refractivity contribution in [1.82, 2.24) is 0 Å². The number of thioether (sulfide) groups is 1. The molecular formula is C11H24S. The Morgan fingerprint density at radius 3 is 2.42 bits per heavy atom. The Hall–Kier alpha value is 0.350. The van der Waals surface area contributed by atoms with Crippen molar-refractivity contribution in [2.45, 2.75) is 52.4 Å². The quantitative estimate of drug-likeness (QED) is 0.510. The standard InChI is InChI=1S/C11H24S/c1-4-5-6-7-8-11(2)9-10-12-3/h11H,4-10H2,1-3H3. The molecule has 0 saturated carbocycles. The molecule has 0 saturated heterocycles. The van der Waals surface area contributed by atoms with Crippen molar-refractivity contribution in [3.63, 3.8) is 0 Å². The Kier molecular flexibility index (Phi) is 9.71. The summed E-state index contributed by atoms with van der Waals surface area (Å²) >= 11 is 1.97. The molecule has 74 valence electrons. The van der Waals surface area contributed by atoms with Crippen LogP contribution < -0.4 is 0 Å². The molecule has 0 radical (unpaired) electrons. The second-order valence-electron chi connectivity index (χ2n) is 3.74. The maximum absolute atomic E-state index is 2.39. The van der Waals surface area contributed by atoms with Crippen molar-refractivity contribution in [2.24, 2.45) is 5.92 Å². The van der Waals surface area contributed by atoms with Gasteiger partial charge in [0.15, 0.2) is 0 Å². The number of hydrogen-bond acceptors (Lipinski definition) is 1. The van der Waals surface area contributed by atoms with Crippen LogP contribution in [0.25, 0.3) is 0 Å². The average molecular weight is 188 g/mol. The lowest BCUT2D eigenvalue weighted by atomic mass is 10.0. The van der Waals surface area contributed by atoms with Crippen LogP contribution in [-0.2, 0) is 0 Å². The van der Waals surface area contributed by atoms with Gasteiger partial charge in [0.25, 0.3) is 0 Å². The third kappa shape index (κ3) is 8.45. The van der Waals surface area contributed by atoms with Crippen LogP contribution in [0.3, 0.4) is 0 Å². The zero-order valence-electron chi connectivity index (χ0n) is 8.94. The number of unbranched alkanes of at least 4 members (excludes halogenated alkanes) is 3. The minimum Gasteiger partial charge on any atom is -0.165 e. The van der Waals surface area contributed by atoms with Crippen molar-refractivity contribution in [3.05, 3.63) is 0 Å². The van der Waals surface area contributed by atoms with E-state index in [4.69, 9.17) is 0 Å². The topological polar surface area (TPSA) is 0 Å². The molecule has 0 aliphatic rings. The van der Waals surface area contributed by atoms with E-state index in [1.165, 1.54) is 44.3 Å². The zero-order valence-corrected chi connectivity index (χ0v) is 9.75. The number of hydrogen-bond donors (Lipinski definition) is 0. The molecule has 0 rings (SSSR count). The second-order valence-corrected chi connectivity index (χ2v) is 4.72. The van der Waals surface area contributed by atoms with E-state index in [-0.39, 0.29) is 0 Å². The first kappa shape index (κ1) is 12.3. The largest absolute Gasteiger partial charge is 0.165 e. The minimum absolute atomic E-state index is 0.953. The molecule has 0 heterocycles. The summed E-state index contributed by atoms with van der Waals surface area (Å²) in [6.45, 7) is 4.67. The van der Waals surface area contributed by atoms with Crippen LogP contribution in [0.5, 0.6) is 0 Å². The maximum Gasteiger partial charge on any atom is -0.00678 e. The first-order valence-electron chi connectivity index (χ1n) is 5.30. The predicted molar refractivity (Wildman–Crippen MR) is 60.9 cm³/mol. The second kappa shape index (κ2) is 9.44. The minimum atomic E-state index is 0.953. The molecule has 0 amide bonds. The highest BCUT2D eigenvalue weighted by Gasteiger charge is 2.00. The summed E-state index contributed by atoms with van der Waals surface area (Å²) in [6.07, 6.45) is 10.7. The lowest BCUT2D eigenvalue weighted by Gasteiger charge is -2.09. The SMILES string of the molecule is CCCCCCC(C)CCSC. The molecule has 0 spiro atoms. The van der Waals surface area contributed by atoms with E-state index in [0.717, 1.165) is 5.92 Å². The lowest BCUT2D eigenvalue weighted by molar-refractivity contribution is 0.480. The van der Waals surface area contributed by atoms with Crippen LogP contribution in [0, 0.1) is 5.92 Å². The van der Waals surface area contributed by atoms with Crippen molar-refractivity contribution in [2.75, 3.05) is 12.0 Å². The molecule has 0 nitrogen and oxygen atoms in total. The van der Waals surface area contributed by atoms with Crippen LogP contribution >= 0.6 is 11.8 Å². The van der Waals surface area contributed by atoms with Crippen LogP contribution in [0.15, 0.2) is 0 Å². The molecule has 1 atom stereocenters. The van der Waals surface area contributed by atoms with Gasteiger partial charge in [-0.05, 0) is 24.3 Å². The summed E-state index contributed by atoms with van der Waals surface area (Å²) < 4.78 is 0. The fraction of sp³-hybridized carbons (Fsp3) is 1.00. The molecule has 0 N–H and O–H groups in total.